The molecule has 3 aliphatic rings. The molecule has 3 fully saturated rings. The average Bonchev–Trinajstić information content (AvgIpc) is 2.98. The SMILES string of the molecule is CC1(C)[C@@H]2CC[C@@]13CS(=O)(=O)N(Cc1ccc(C#N)cc1Cl)[C@@H]3C2. The topological polar surface area (TPSA) is 61.2 Å². The van der Waals surface area contributed by atoms with Gasteiger partial charge >= 0.3 is 0 Å². The van der Waals surface area contributed by atoms with Gasteiger partial charge in [0, 0.05) is 23.0 Å². The highest BCUT2D eigenvalue weighted by molar-refractivity contribution is 7.89. The molecule has 0 radical (unpaired) electrons. The molecule has 1 aromatic carbocycles. The molecule has 4 rings (SSSR count). The molecule has 2 saturated carbocycles. The van der Waals surface area contributed by atoms with Crippen molar-refractivity contribution in [1.82, 2.24) is 4.31 Å². The zero-order valence-electron chi connectivity index (χ0n) is 13.9. The van der Waals surface area contributed by atoms with Crippen LogP contribution in [0.15, 0.2) is 18.2 Å². The van der Waals surface area contributed by atoms with Crippen LogP contribution in [0.2, 0.25) is 5.02 Å². The maximum absolute atomic E-state index is 12.9. The lowest BCUT2D eigenvalue weighted by atomic mass is 9.69. The van der Waals surface area contributed by atoms with Crippen molar-refractivity contribution in [2.24, 2.45) is 16.7 Å². The van der Waals surface area contributed by atoms with Crippen LogP contribution >= 0.6 is 11.6 Å². The normalized spacial score (nSPS) is 35.8. The molecule has 24 heavy (non-hydrogen) atoms. The van der Waals surface area contributed by atoms with E-state index in [4.69, 9.17) is 16.9 Å². The van der Waals surface area contributed by atoms with E-state index in [-0.39, 0.29) is 22.6 Å². The average molecular weight is 365 g/mol. The molecular formula is C18H21ClN2O2S. The van der Waals surface area contributed by atoms with Crippen LogP contribution in [0.5, 0.6) is 0 Å². The van der Waals surface area contributed by atoms with Crippen molar-refractivity contribution in [3.8, 4) is 6.07 Å². The second kappa shape index (κ2) is 4.97. The van der Waals surface area contributed by atoms with Gasteiger partial charge in [-0.3, -0.25) is 0 Å². The lowest BCUT2D eigenvalue weighted by Gasteiger charge is -2.37. The van der Waals surface area contributed by atoms with Gasteiger partial charge in [0.15, 0.2) is 0 Å². The number of rotatable bonds is 2. The number of hydrogen-bond donors (Lipinski definition) is 0. The van der Waals surface area contributed by atoms with Crippen LogP contribution in [0.3, 0.4) is 0 Å². The molecule has 0 unspecified atom stereocenters. The Labute approximate surface area is 148 Å². The van der Waals surface area contributed by atoms with Gasteiger partial charge in [0.25, 0.3) is 0 Å². The number of nitriles is 1. The zero-order valence-corrected chi connectivity index (χ0v) is 15.5. The third-order valence-corrected chi connectivity index (χ3v) is 9.37. The van der Waals surface area contributed by atoms with Crippen molar-refractivity contribution in [2.45, 2.75) is 45.7 Å². The second-order valence-corrected chi connectivity index (χ2v) is 10.4. The van der Waals surface area contributed by atoms with Gasteiger partial charge in [0.1, 0.15) is 0 Å². The third-order valence-electron chi connectivity index (χ3n) is 7.04. The van der Waals surface area contributed by atoms with Gasteiger partial charge in [0.05, 0.1) is 17.4 Å². The first-order valence-corrected chi connectivity index (χ1v) is 10.4. The van der Waals surface area contributed by atoms with Crippen LogP contribution in [-0.2, 0) is 16.6 Å². The highest BCUT2D eigenvalue weighted by atomic mass is 35.5. The Balaban J connectivity index is 1.71. The van der Waals surface area contributed by atoms with E-state index in [2.05, 4.69) is 19.9 Å². The van der Waals surface area contributed by atoms with E-state index < -0.39 is 10.0 Å². The minimum Gasteiger partial charge on any atom is -0.212 e. The molecule has 3 atom stereocenters. The summed E-state index contributed by atoms with van der Waals surface area (Å²) in [5, 5.41) is 9.42. The van der Waals surface area contributed by atoms with Crippen molar-refractivity contribution >= 4 is 21.6 Å². The van der Waals surface area contributed by atoms with Crippen LogP contribution in [0.25, 0.3) is 0 Å². The maximum Gasteiger partial charge on any atom is 0.215 e. The highest BCUT2D eigenvalue weighted by Crippen LogP contribution is 2.70. The molecule has 0 amide bonds. The van der Waals surface area contributed by atoms with Crippen molar-refractivity contribution in [1.29, 1.82) is 5.26 Å². The summed E-state index contributed by atoms with van der Waals surface area (Å²) in [5.41, 5.74) is 1.23. The molecule has 6 heteroatoms. The second-order valence-electron chi connectivity index (χ2n) is 8.08. The summed E-state index contributed by atoms with van der Waals surface area (Å²) in [6.45, 7) is 4.80. The quantitative estimate of drug-likeness (QED) is 0.806. The number of fused-ring (bicyclic) bond motifs is 1. The Hall–Kier alpha value is -1.09. The van der Waals surface area contributed by atoms with E-state index in [1.165, 1.54) is 0 Å². The van der Waals surface area contributed by atoms with E-state index in [0.29, 0.717) is 23.0 Å². The molecule has 128 valence electrons. The summed E-state index contributed by atoms with van der Waals surface area (Å²) in [5.74, 6) is 0.874. The first kappa shape index (κ1) is 16.4. The Morgan fingerprint density at radius 3 is 2.79 bits per heavy atom. The van der Waals surface area contributed by atoms with Gasteiger partial charge in [-0.2, -0.15) is 9.57 Å². The van der Waals surface area contributed by atoms with E-state index in [0.717, 1.165) is 24.8 Å². The Bertz CT molecular complexity index is 858. The largest absolute Gasteiger partial charge is 0.215 e. The molecule has 1 aliphatic heterocycles. The van der Waals surface area contributed by atoms with Gasteiger partial charge in [-0.15, -0.1) is 0 Å². The molecule has 0 aromatic heterocycles. The van der Waals surface area contributed by atoms with E-state index >= 15 is 0 Å². The molecule has 2 aliphatic carbocycles. The number of sulfonamides is 1. The maximum atomic E-state index is 12.9. The molecule has 0 N–H and O–H groups in total. The lowest BCUT2D eigenvalue weighted by molar-refractivity contribution is 0.112. The first-order chi connectivity index (χ1) is 11.2. The minimum atomic E-state index is -3.28. The van der Waals surface area contributed by atoms with Crippen LogP contribution in [0, 0.1) is 28.1 Å². The molecule has 4 nitrogen and oxygen atoms in total. The van der Waals surface area contributed by atoms with Gasteiger partial charge < -0.3 is 0 Å². The van der Waals surface area contributed by atoms with Gasteiger partial charge in [-0.25, -0.2) is 8.42 Å². The van der Waals surface area contributed by atoms with Crippen molar-refractivity contribution < 1.29 is 8.42 Å². The zero-order chi connectivity index (χ0) is 17.3. The van der Waals surface area contributed by atoms with E-state index in [1.807, 2.05) is 0 Å². The molecule has 1 heterocycles. The van der Waals surface area contributed by atoms with Crippen LogP contribution in [0.4, 0.5) is 0 Å². The number of halogens is 1. The van der Waals surface area contributed by atoms with Crippen LogP contribution in [-0.4, -0.2) is 24.5 Å². The molecule has 1 saturated heterocycles. The Morgan fingerprint density at radius 1 is 1.42 bits per heavy atom. The van der Waals surface area contributed by atoms with Crippen LogP contribution in [0.1, 0.15) is 44.2 Å². The van der Waals surface area contributed by atoms with Crippen molar-refractivity contribution in [2.75, 3.05) is 5.75 Å². The van der Waals surface area contributed by atoms with Gasteiger partial charge in [-0.05, 0) is 48.3 Å². The number of nitrogens with zero attached hydrogens (tertiary/aromatic N) is 2. The number of benzene rings is 1. The van der Waals surface area contributed by atoms with Crippen molar-refractivity contribution in [3.05, 3.63) is 34.3 Å². The predicted molar refractivity (Wildman–Crippen MR) is 92.8 cm³/mol. The van der Waals surface area contributed by atoms with E-state index in [1.54, 1.807) is 22.5 Å². The smallest absolute Gasteiger partial charge is 0.212 e. The standard InChI is InChI=1S/C18H21ClN2O2S/c1-17(2)14-5-6-18(17)11-24(22,23)21(16(18)8-14)10-13-4-3-12(9-20)7-15(13)19/h3-4,7,14,16H,5-6,8,10-11H2,1-2H3/t14-,16-,18+/m1/s1. The molecule has 2 bridgehead atoms. The van der Waals surface area contributed by atoms with Gasteiger partial charge in [0.2, 0.25) is 10.0 Å². The van der Waals surface area contributed by atoms with Gasteiger partial charge in [-0.1, -0.05) is 31.5 Å². The lowest BCUT2D eigenvalue weighted by Crippen LogP contribution is -2.41. The fraction of sp³-hybridized carbons (Fsp3) is 0.611. The summed E-state index contributed by atoms with van der Waals surface area (Å²) >= 11 is 6.28. The fourth-order valence-electron chi connectivity index (χ4n) is 5.50. The Morgan fingerprint density at radius 2 is 2.17 bits per heavy atom. The molecule has 1 spiro atoms. The Kier molecular flexibility index (Phi) is 3.39. The predicted octanol–water partition coefficient (Wildman–Crippen LogP) is 3.55. The summed E-state index contributed by atoms with van der Waals surface area (Å²) in [6.07, 6.45) is 3.11. The summed E-state index contributed by atoms with van der Waals surface area (Å²) in [7, 11) is -3.28. The third kappa shape index (κ3) is 1.97. The number of hydrogen-bond acceptors (Lipinski definition) is 3. The fourth-order valence-corrected chi connectivity index (χ4v) is 8.27. The van der Waals surface area contributed by atoms with Crippen molar-refractivity contribution in [3.63, 3.8) is 0 Å². The first-order valence-electron chi connectivity index (χ1n) is 8.39. The molecular weight excluding hydrogens is 344 g/mol. The van der Waals surface area contributed by atoms with Crippen LogP contribution < -0.4 is 0 Å². The summed E-state index contributed by atoms with van der Waals surface area (Å²) in [4.78, 5) is 0. The van der Waals surface area contributed by atoms with E-state index in [9.17, 15) is 8.42 Å². The minimum absolute atomic E-state index is 0.0773. The summed E-state index contributed by atoms with van der Waals surface area (Å²) < 4.78 is 27.5. The highest BCUT2D eigenvalue weighted by Gasteiger charge is 2.71. The summed E-state index contributed by atoms with van der Waals surface area (Å²) in [6, 6.07) is 7.23. The monoisotopic (exact) mass is 364 g/mol. The molecule has 1 aromatic rings.